The molecule has 1 aromatic carbocycles. The zero-order valence-electron chi connectivity index (χ0n) is 11.8. The van der Waals surface area contributed by atoms with E-state index >= 15 is 0 Å². The summed E-state index contributed by atoms with van der Waals surface area (Å²) in [6, 6.07) is 2.34. The van der Waals surface area contributed by atoms with E-state index in [1.807, 2.05) is 0 Å². The molecule has 3 nitrogen and oxygen atoms in total. The standard InChI is InChI=1S/C13H12Cl2F6O3/c14-8-5-7(22)6-9(15)10(8)23-3-1-2-4-24-11(12(16,17)18)13(19,20)21/h5-6,11,22H,1-4H2. The molecule has 0 amide bonds. The molecule has 1 rings (SSSR count). The van der Waals surface area contributed by atoms with Crippen molar-refractivity contribution in [3.05, 3.63) is 22.2 Å². The fourth-order valence-corrected chi connectivity index (χ4v) is 2.22. The number of ether oxygens (including phenoxy) is 2. The number of unbranched alkanes of at least 4 members (excludes halogenated alkanes) is 1. The highest BCUT2D eigenvalue weighted by atomic mass is 35.5. The van der Waals surface area contributed by atoms with Gasteiger partial charge in [0.05, 0.1) is 16.7 Å². The number of phenols is 1. The number of aromatic hydroxyl groups is 1. The lowest BCUT2D eigenvalue weighted by Gasteiger charge is -2.23. The van der Waals surface area contributed by atoms with Crippen LogP contribution in [0.2, 0.25) is 10.0 Å². The highest BCUT2D eigenvalue weighted by Gasteiger charge is 2.57. The van der Waals surface area contributed by atoms with Gasteiger partial charge in [0.2, 0.25) is 6.10 Å². The molecule has 1 aromatic rings. The van der Waals surface area contributed by atoms with Gasteiger partial charge in [0.15, 0.2) is 5.75 Å². The van der Waals surface area contributed by atoms with Gasteiger partial charge >= 0.3 is 12.4 Å². The van der Waals surface area contributed by atoms with Crippen LogP contribution in [0.25, 0.3) is 0 Å². The molecule has 24 heavy (non-hydrogen) atoms. The summed E-state index contributed by atoms with van der Waals surface area (Å²) in [7, 11) is 0. The molecule has 0 aliphatic heterocycles. The highest BCUT2D eigenvalue weighted by Crippen LogP contribution is 2.37. The summed E-state index contributed by atoms with van der Waals surface area (Å²) in [5, 5.41) is 9.26. The summed E-state index contributed by atoms with van der Waals surface area (Å²) in [4.78, 5) is 0. The Hall–Kier alpha value is -1.06. The van der Waals surface area contributed by atoms with Crippen LogP contribution in [0.4, 0.5) is 26.3 Å². The second-order valence-electron chi connectivity index (χ2n) is 4.63. The van der Waals surface area contributed by atoms with Crippen molar-refractivity contribution in [1.29, 1.82) is 0 Å². The number of alkyl halides is 6. The third-order valence-corrected chi connectivity index (χ3v) is 3.21. The van der Waals surface area contributed by atoms with E-state index in [4.69, 9.17) is 27.9 Å². The van der Waals surface area contributed by atoms with Crippen LogP contribution in [0.15, 0.2) is 12.1 Å². The minimum absolute atomic E-state index is 0.0189. The minimum atomic E-state index is -5.53. The zero-order chi connectivity index (χ0) is 18.5. The fourth-order valence-electron chi connectivity index (χ4n) is 1.64. The normalized spacial score (nSPS) is 12.7. The number of rotatable bonds is 7. The third kappa shape index (κ3) is 6.45. The molecule has 0 spiro atoms. The molecule has 138 valence electrons. The second-order valence-corrected chi connectivity index (χ2v) is 5.44. The molecule has 0 saturated carbocycles. The quantitative estimate of drug-likeness (QED) is 0.494. The molecule has 0 saturated heterocycles. The van der Waals surface area contributed by atoms with Crippen LogP contribution >= 0.6 is 23.2 Å². The Balaban J connectivity index is 2.39. The van der Waals surface area contributed by atoms with Crippen LogP contribution in [0.3, 0.4) is 0 Å². The molecule has 1 N–H and O–H groups in total. The summed E-state index contributed by atoms with van der Waals surface area (Å²) in [6.07, 6.45) is -14.9. The topological polar surface area (TPSA) is 38.7 Å². The Kier molecular flexibility index (Phi) is 7.30. The van der Waals surface area contributed by atoms with E-state index in [0.29, 0.717) is 0 Å². The van der Waals surface area contributed by atoms with Gasteiger partial charge in [-0.3, -0.25) is 0 Å². The van der Waals surface area contributed by atoms with Crippen molar-refractivity contribution >= 4 is 23.2 Å². The predicted molar refractivity (Wildman–Crippen MR) is 74.7 cm³/mol. The lowest BCUT2D eigenvalue weighted by Crippen LogP contribution is -2.44. The number of benzene rings is 1. The van der Waals surface area contributed by atoms with Crippen LogP contribution < -0.4 is 4.74 Å². The average Bonchev–Trinajstić information content (AvgIpc) is 2.36. The summed E-state index contributed by atoms with van der Waals surface area (Å²) < 4.78 is 82.4. The Labute approximate surface area is 143 Å². The maximum Gasteiger partial charge on any atom is 0.423 e. The first-order chi connectivity index (χ1) is 10.9. The molecule has 0 bridgehead atoms. The number of hydrogen-bond acceptors (Lipinski definition) is 3. The van der Waals surface area contributed by atoms with Crippen molar-refractivity contribution in [3.8, 4) is 11.5 Å². The van der Waals surface area contributed by atoms with Crippen molar-refractivity contribution in [2.24, 2.45) is 0 Å². The second kappa shape index (κ2) is 8.35. The highest BCUT2D eigenvalue weighted by molar-refractivity contribution is 6.37. The largest absolute Gasteiger partial charge is 0.508 e. The molecule has 11 heteroatoms. The van der Waals surface area contributed by atoms with Crippen LogP contribution in [0.5, 0.6) is 11.5 Å². The molecule has 0 aliphatic rings. The van der Waals surface area contributed by atoms with Crippen LogP contribution in [-0.4, -0.2) is 36.8 Å². The minimum Gasteiger partial charge on any atom is -0.508 e. The van der Waals surface area contributed by atoms with Crippen molar-refractivity contribution in [1.82, 2.24) is 0 Å². The van der Waals surface area contributed by atoms with Crippen LogP contribution in [0.1, 0.15) is 12.8 Å². The molecular formula is C13H12Cl2F6O3. The summed E-state index contributed by atoms with van der Waals surface area (Å²) in [5.41, 5.74) is 0. The molecule has 0 fully saturated rings. The molecule has 0 heterocycles. The lowest BCUT2D eigenvalue weighted by molar-refractivity contribution is -0.321. The summed E-state index contributed by atoms with van der Waals surface area (Å²) >= 11 is 11.5. The fraction of sp³-hybridized carbons (Fsp3) is 0.538. The van der Waals surface area contributed by atoms with Crippen LogP contribution in [-0.2, 0) is 4.74 Å². The smallest absolute Gasteiger partial charge is 0.423 e. The van der Waals surface area contributed by atoms with Gasteiger partial charge in [0.1, 0.15) is 5.75 Å². The average molecular weight is 401 g/mol. The predicted octanol–water partition coefficient (Wildman–Crippen LogP) is 5.37. The lowest BCUT2D eigenvalue weighted by atomic mass is 10.3. The van der Waals surface area contributed by atoms with Gasteiger partial charge in [0, 0.05) is 18.7 Å². The van der Waals surface area contributed by atoms with E-state index < -0.39 is 25.1 Å². The monoisotopic (exact) mass is 400 g/mol. The van der Waals surface area contributed by atoms with E-state index in [1.54, 1.807) is 0 Å². The van der Waals surface area contributed by atoms with Gasteiger partial charge in [-0.2, -0.15) is 26.3 Å². The van der Waals surface area contributed by atoms with Gasteiger partial charge in [0.25, 0.3) is 0 Å². The summed E-state index contributed by atoms with van der Waals surface area (Å²) in [5.74, 6) is -0.128. The van der Waals surface area contributed by atoms with Crippen molar-refractivity contribution in [2.45, 2.75) is 31.3 Å². The van der Waals surface area contributed by atoms with Gasteiger partial charge in [-0.25, -0.2) is 0 Å². The van der Waals surface area contributed by atoms with E-state index in [9.17, 15) is 31.4 Å². The Morgan fingerprint density at radius 1 is 0.917 bits per heavy atom. The summed E-state index contributed by atoms with van der Waals surface area (Å²) in [6.45, 7) is -0.805. The Morgan fingerprint density at radius 3 is 1.83 bits per heavy atom. The molecule has 0 unspecified atom stereocenters. The first kappa shape index (κ1) is 21.0. The third-order valence-electron chi connectivity index (χ3n) is 2.65. The number of halogens is 8. The van der Waals surface area contributed by atoms with E-state index in [1.165, 1.54) is 12.1 Å². The van der Waals surface area contributed by atoms with Crippen molar-refractivity contribution < 1.29 is 40.9 Å². The van der Waals surface area contributed by atoms with Gasteiger partial charge < -0.3 is 14.6 Å². The van der Waals surface area contributed by atoms with E-state index in [-0.39, 0.29) is 41.0 Å². The first-order valence-corrected chi connectivity index (χ1v) is 7.24. The van der Waals surface area contributed by atoms with Gasteiger partial charge in [-0.05, 0) is 12.8 Å². The van der Waals surface area contributed by atoms with E-state index in [0.717, 1.165) is 0 Å². The molecular weight excluding hydrogens is 389 g/mol. The van der Waals surface area contributed by atoms with Crippen molar-refractivity contribution in [3.63, 3.8) is 0 Å². The van der Waals surface area contributed by atoms with Gasteiger partial charge in [-0.1, -0.05) is 23.2 Å². The van der Waals surface area contributed by atoms with Crippen molar-refractivity contribution in [2.75, 3.05) is 13.2 Å². The SMILES string of the molecule is Oc1cc(Cl)c(OCCCCOC(C(F)(F)F)C(F)(F)F)c(Cl)c1. The molecule has 0 atom stereocenters. The van der Waals surface area contributed by atoms with E-state index in [2.05, 4.69) is 4.74 Å². The molecule has 0 aromatic heterocycles. The molecule has 0 aliphatic carbocycles. The van der Waals surface area contributed by atoms with Gasteiger partial charge in [-0.15, -0.1) is 0 Å². The number of hydrogen-bond donors (Lipinski definition) is 1. The Bertz CT molecular complexity index is 510. The maximum absolute atomic E-state index is 12.2. The zero-order valence-corrected chi connectivity index (χ0v) is 13.4. The van der Waals surface area contributed by atoms with Crippen LogP contribution in [0, 0.1) is 0 Å². The first-order valence-electron chi connectivity index (χ1n) is 6.48. The Morgan fingerprint density at radius 2 is 1.38 bits per heavy atom. The molecule has 0 radical (unpaired) electrons. The maximum atomic E-state index is 12.2. The number of phenolic OH excluding ortho intramolecular Hbond substituents is 1.